The van der Waals surface area contributed by atoms with Crippen LogP contribution >= 0.6 is 0 Å². The van der Waals surface area contributed by atoms with Crippen molar-refractivity contribution in [1.29, 1.82) is 0 Å². The largest absolute Gasteiger partial charge is 0.486 e. The maximum Gasteiger partial charge on any atom is 0.329 e. The molecule has 0 fully saturated rings. The number of carbonyl (C=O) groups is 1. The second kappa shape index (κ2) is 4.65. The van der Waals surface area contributed by atoms with Gasteiger partial charge in [0.15, 0.2) is 11.5 Å². The fourth-order valence-electron chi connectivity index (χ4n) is 2.62. The second-order valence-electron chi connectivity index (χ2n) is 5.57. The van der Waals surface area contributed by atoms with Crippen LogP contribution in [0.3, 0.4) is 0 Å². The van der Waals surface area contributed by atoms with E-state index in [1.165, 1.54) is 0 Å². The number of fused-ring (bicyclic) bond motifs is 2. The summed E-state index contributed by atoms with van der Waals surface area (Å²) in [7, 11) is 0. The summed E-state index contributed by atoms with van der Waals surface area (Å²) in [6, 6.07) is 3.64. The van der Waals surface area contributed by atoms with Crippen molar-refractivity contribution < 1.29 is 19.4 Å². The third-order valence-corrected chi connectivity index (χ3v) is 3.79. The van der Waals surface area contributed by atoms with Crippen LogP contribution in [0.15, 0.2) is 12.1 Å². The number of nitrogens with zero attached hydrogens (tertiary/aromatic N) is 2. The van der Waals surface area contributed by atoms with Crippen molar-refractivity contribution in [2.24, 2.45) is 0 Å². The molecule has 2 heterocycles. The van der Waals surface area contributed by atoms with Crippen LogP contribution in [0.4, 0.5) is 0 Å². The van der Waals surface area contributed by atoms with Gasteiger partial charge in [-0.1, -0.05) is 6.92 Å². The van der Waals surface area contributed by atoms with Crippen LogP contribution in [0.25, 0.3) is 11.0 Å². The SMILES string of the molecule is CCc1nc2cc3c(cc2n1C(C)(C)C(=O)O)OCCO3. The number of imidazole rings is 1. The molecule has 0 saturated carbocycles. The summed E-state index contributed by atoms with van der Waals surface area (Å²) in [6.07, 6.45) is 0.651. The summed E-state index contributed by atoms with van der Waals surface area (Å²) >= 11 is 0. The molecule has 1 aromatic carbocycles. The van der Waals surface area contributed by atoms with E-state index in [1.54, 1.807) is 18.4 Å². The lowest BCUT2D eigenvalue weighted by Gasteiger charge is -2.25. The van der Waals surface area contributed by atoms with Crippen LogP contribution in [-0.4, -0.2) is 33.8 Å². The zero-order valence-electron chi connectivity index (χ0n) is 12.3. The fraction of sp³-hybridized carbons (Fsp3) is 0.467. The molecule has 0 atom stereocenters. The predicted molar refractivity (Wildman–Crippen MR) is 77.1 cm³/mol. The average Bonchev–Trinajstić information content (AvgIpc) is 2.82. The molecule has 0 saturated heterocycles. The van der Waals surface area contributed by atoms with Crippen LogP contribution in [0.2, 0.25) is 0 Å². The highest BCUT2D eigenvalue weighted by atomic mass is 16.6. The van der Waals surface area contributed by atoms with Crippen LogP contribution < -0.4 is 9.47 Å². The van der Waals surface area contributed by atoms with Gasteiger partial charge >= 0.3 is 5.97 Å². The second-order valence-corrected chi connectivity index (χ2v) is 5.57. The summed E-state index contributed by atoms with van der Waals surface area (Å²) in [4.78, 5) is 16.2. The van der Waals surface area contributed by atoms with Crippen LogP contribution in [-0.2, 0) is 16.8 Å². The minimum absolute atomic E-state index is 0.496. The molecule has 3 rings (SSSR count). The molecule has 2 aromatic rings. The lowest BCUT2D eigenvalue weighted by atomic mass is 10.0. The van der Waals surface area contributed by atoms with Crippen LogP contribution in [0.5, 0.6) is 11.5 Å². The van der Waals surface area contributed by atoms with Gasteiger partial charge in [-0.25, -0.2) is 9.78 Å². The van der Waals surface area contributed by atoms with Crippen LogP contribution in [0.1, 0.15) is 26.6 Å². The zero-order chi connectivity index (χ0) is 15.2. The Balaban J connectivity index is 2.29. The number of aliphatic carboxylic acids is 1. The molecule has 112 valence electrons. The van der Waals surface area contributed by atoms with E-state index in [0.29, 0.717) is 31.1 Å². The van der Waals surface area contributed by atoms with Crippen molar-refractivity contribution in [1.82, 2.24) is 9.55 Å². The maximum absolute atomic E-state index is 11.6. The van der Waals surface area contributed by atoms with E-state index < -0.39 is 11.5 Å². The highest BCUT2D eigenvalue weighted by Crippen LogP contribution is 2.36. The molecule has 1 N–H and O–H groups in total. The monoisotopic (exact) mass is 290 g/mol. The Labute approximate surface area is 122 Å². The molecule has 0 bridgehead atoms. The van der Waals surface area contributed by atoms with E-state index in [4.69, 9.17) is 9.47 Å². The number of ether oxygens (including phenoxy) is 2. The van der Waals surface area contributed by atoms with E-state index >= 15 is 0 Å². The lowest BCUT2D eigenvalue weighted by Crippen LogP contribution is -2.36. The average molecular weight is 290 g/mol. The highest BCUT2D eigenvalue weighted by molar-refractivity contribution is 5.85. The Hall–Kier alpha value is -2.24. The molecule has 0 amide bonds. The van der Waals surface area contributed by atoms with E-state index in [2.05, 4.69) is 4.98 Å². The Morgan fingerprint density at radius 1 is 1.33 bits per heavy atom. The molecule has 21 heavy (non-hydrogen) atoms. The number of benzene rings is 1. The van der Waals surface area contributed by atoms with Crippen molar-refractivity contribution in [3.8, 4) is 11.5 Å². The molecule has 6 heteroatoms. The first-order valence-corrected chi connectivity index (χ1v) is 7.00. The van der Waals surface area contributed by atoms with Crippen molar-refractivity contribution in [2.45, 2.75) is 32.7 Å². The molecular formula is C15H18N2O4. The predicted octanol–water partition coefficient (Wildman–Crippen LogP) is 2.19. The maximum atomic E-state index is 11.6. The summed E-state index contributed by atoms with van der Waals surface area (Å²) in [5.74, 6) is 1.14. The molecule has 1 aliphatic rings. The third kappa shape index (κ3) is 2.02. The van der Waals surface area contributed by atoms with E-state index in [0.717, 1.165) is 16.9 Å². The molecule has 6 nitrogen and oxygen atoms in total. The van der Waals surface area contributed by atoms with Gasteiger partial charge in [-0.05, 0) is 13.8 Å². The van der Waals surface area contributed by atoms with E-state index in [9.17, 15) is 9.90 Å². The van der Waals surface area contributed by atoms with Gasteiger partial charge in [0.1, 0.15) is 24.6 Å². The lowest BCUT2D eigenvalue weighted by molar-refractivity contribution is -0.145. The molecule has 0 radical (unpaired) electrons. The summed E-state index contributed by atoms with van der Waals surface area (Å²) in [5.41, 5.74) is 0.401. The Kier molecular flexibility index (Phi) is 3.04. The topological polar surface area (TPSA) is 73.6 Å². The number of aryl methyl sites for hydroxylation is 1. The van der Waals surface area contributed by atoms with Gasteiger partial charge in [0, 0.05) is 18.6 Å². The van der Waals surface area contributed by atoms with Crippen molar-refractivity contribution in [3.05, 3.63) is 18.0 Å². The van der Waals surface area contributed by atoms with Crippen molar-refractivity contribution >= 4 is 17.0 Å². The normalized spacial score (nSPS) is 14.4. The van der Waals surface area contributed by atoms with Gasteiger partial charge in [-0.15, -0.1) is 0 Å². The number of carboxylic acid groups (broad SMARTS) is 1. The molecule has 1 aliphatic heterocycles. The van der Waals surface area contributed by atoms with Gasteiger partial charge in [0.25, 0.3) is 0 Å². The summed E-state index contributed by atoms with van der Waals surface area (Å²) < 4.78 is 12.9. The van der Waals surface area contributed by atoms with Crippen LogP contribution in [0, 0.1) is 0 Å². The van der Waals surface area contributed by atoms with Gasteiger partial charge < -0.3 is 19.1 Å². The Morgan fingerprint density at radius 2 is 1.95 bits per heavy atom. The first-order chi connectivity index (χ1) is 9.95. The minimum atomic E-state index is -1.08. The number of rotatable bonds is 3. The van der Waals surface area contributed by atoms with Crippen molar-refractivity contribution in [3.63, 3.8) is 0 Å². The number of hydrogen-bond acceptors (Lipinski definition) is 4. The minimum Gasteiger partial charge on any atom is -0.486 e. The number of carboxylic acids is 1. The van der Waals surface area contributed by atoms with Gasteiger partial charge in [0.2, 0.25) is 0 Å². The highest BCUT2D eigenvalue weighted by Gasteiger charge is 2.33. The number of hydrogen-bond donors (Lipinski definition) is 1. The first kappa shape index (κ1) is 13.7. The van der Waals surface area contributed by atoms with Gasteiger partial charge in [-0.2, -0.15) is 0 Å². The Morgan fingerprint density at radius 3 is 2.52 bits per heavy atom. The standard InChI is InChI=1S/C15H18N2O4/c1-4-13-16-9-7-11-12(21-6-5-20-11)8-10(9)17(13)15(2,3)14(18)19/h7-8H,4-6H2,1-3H3,(H,18,19). The quantitative estimate of drug-likeness (QED) is 0.938. The Bertz CT molecular complexity index is 718. The first-order valence-electron chi connectivity index (χ1n) is 7.00. The molecular weight excluding hydrogens is 272 g/mol. The van der Waals surface area contributed by atoms with Gasteiger partial charge in [-0.3, -0.25) is 0 Å². The summed E-state index contributed by atoms with van der Waals surface area (Å²) in [5, 5.41) is 9.53. The summed E-state index contributed by atoms with van der Waals surface area (Å²) in [6.45, 7) is 6.32. The van der Waals surface area contributed by atoms with E-state index in [-0.39, 0.29) is 0 Å². The molecule has 0 spiro atoms. The van der Waals surface area contributed by atoms with Crippen molar-refractivity contribution in [2.75, 3.05) is 13.2 Å². The fourth-order valence-corrected chi connectivity index (χ4v) is 2.62. The third-order valence-electron chi connectivity index (χ3n) is 3.79. The molecule has 1 aromatic heterocycles. The molecule has 0 aliphatic carbocycles. The smallest absolute Gasteiger partial charge is 0.329 e. The van der Waals surface area contributed by atoms with Gasteiger partial charge in [0.05, 0.1) is 11.0 Å². The number of aromatic nitrogens is 2. The molecule has 0 unspecified atom stereocenters. The van der Waals surface area contributed by atoms with E-state index in [1.807, 2.05) is 19.1 Å². The zero-order valence-corrected chi connectivity index (χ0v) is 12.3.